The molecule has 0 fully saturated rings. The van der Waals surface area contributed by atoms with Crippen LogP contribution in [0.1, 0.15) is 9.67 Å². The Morgan fingerprint density at radius 2 is 2.37 bits per heavy atom. The van der Waals surface area contributed by atoms with Crippen LogP contribution in [0, 0.1) is 0 Å². The molecule has 2 heterocycles. The molecular weight excluding hydrogens is 266 g/mol. The Balaban J connectivity index is 1.92. The van der Waals surface area contributed by atoms with Gasteiger partial charge in [-0.05, 0) is 0 Å². The second kappa shape index (κ2) is 5.65. The summed E-state index contributed by atoms with van der Waals surface area (Å²) in [7, 11) is 3.70. The predicted molar refractivity (Wildman–Crippen MR) is 73.2 cm³/mol. The van der Waals surface area contributed by atoms with Crippen molar-refractivity contribution in [3.8, 4) is 0 Å². The molecule has 9 heteroatoms. The van der Waals surface area contributed by atoms with Crippen molar-refractivity contribution in [1.29, 1.82) is 0 Å². The lowest BCUT2D eigenvalue weighted by Crippen LogP contribution is -2.27. The molecule has 3 N–H and O–H groups in total. The molecule has 0 saturated carbocycles. The van der Waals surface area contributed by atoms with Gasteiger partial charge in [0.15, 0.2) is 5.13 Å². The number of nitrogens with one attached hydrogen (secondary N) is 1. The van der Waals surface area contributed by atoms with Crippen LogP contribution < -0.4 is 16.0 Å². The number of aromatic nitrogens is 4. The first-order chi connectivity index (χ1) is 9.08. The molecule has 0 bridgehead atoms. The summed E-state index contributed by atoms with van der Waals surface area (Å²) in [6.07, 6.45) is 3.32. The SMILES string of the molecule is CN(C)c1nc(N)c(C(=O)NCCn2ccnn2)s1. The first-order valence-electron chi connectivity index (χ1n) is 5.64. The van der Waals surface area contributed by atoms with Crippen molar-refractivity contribution >= 4 is 28.2 Å². The summed E-state index contributed by atoms with van der Waals surface area (Å²) in [5.74, 6) is 0.0372. The van der Waals surface area contributed by atoms with Crippen molar-refractivity contribution in [3.63, 3.8) is 0 Å². The molecule has 0 aliphatic rings. The predicted octanol–water partition coefficient (Wildman–Crippen LogP) is -0.187. The highest BCUT2D eigenvalue weighted by molar-refractivity contribution is 7.18. The molecule has 19 heavy (non-hydrogen) atoms. The molecule has 0 aliphatic heterocycles. The van der Waals surface area contributed by atoms with E-state index in [2.05, 4.69) is 20.6 Å². The third-order valence-corrected chi connectivity index (χ3v) is 3.57. The standard InChI is InChI=1S/C10H15N7OS/c1-16(2)10-14-8(11)7(19-10)9(18)12-3-5-17-6-4-13-15-17/h4,6H,3,5,11H2,1-2H3,(H,12,18). The van der Waals surface area contributed by atoms with Gasteiger partial charge in [-0.2, -0.15) is 0 Å². The molecule has 2 aromatic heterocycles. The molecule has 1 amide bonds. The Labute approximate surface area is 114 Å². The van der Waals surface area contributed by atoms with Crippen molar-refractivity contribution < 1.29 is 4.79 Å². The molecule has 102 valence electrons. The number of hydrogen-bond donors (Lipinski definition) is 2. The van der Waals surface area contributed by atoms with Gasteiger partial charge in [-0.3, -0.25) is 9.48 Å². The van der Waals surface area contributed by atoms with E-state index in [0.717, 1.165) is 0 Å². The number of nitrogens with two attached hydrogens (primary N) is 1. The third kappa shape index (κ3) is 3.19. The van der Waals surface area contributed by atoms with Crippen LogP contribution in [0.15, 0.2) is 12.4 Å². The van der Waals surface area contributed by atoms with E-state index in [4.69, 9.17) is 5.73 Å². The van der Waals surface area contributed by atoms with Crippen LogP contribution in [0.4, 0.5) is 10.9 Å². The van der Waals surface area contributed by atoms with Crippen LogP contribution in [0.5, 0.6) is 0 Å². The lowest BCUT2D eigenvalue weighted by atomic mass is 10.4. The van der Waals surface area contributed by atoms with E-state index in [1.165, 1.54) is 11.3 Å². The number of nitrogen functional groups attached to an aromatic ring is 1. The van der Waals surface area contributed by atoms with Gasteiger partial charge in [0.25, 0.3) is 5.91 Å². The molecule has 0 atom stereocenters. The third-order valence-electron chi connectivity index (χ3n) is 2.33. The van der Waals surface area contributed by atoms with Gasteiger partial charge in [0.1, 0.15) is 10.7 Å². The highest BCUT2D eigenvalue weighted by Crippen LogP contribution is 2.26. The minimum Gasteiger partial charge on any atom is -0.382 e. The van der Waals surface area contributed by atoms with Crippen molar-refractivity contribution in [1.82, 2.24) is 25.3 Å². The minimum atomic E-state index is -0.219. The number of hydrogen-bond acceptors (Lipinski definition) is 7. The Morgan fingerprint density at radius 1 is 1.58 bits per heavy atom. The van der Waals surface area contributed by atoms with E-state index in [0.29, 0.717) is 23.1 Å². The molecule has 8 nitrogen and oxygen atoms in total. The first-order valence-corrected chi connectivity index (χ1v) is 6.45. The molecular formula is C10H15N7OS. The van der Waals surface area contributed by atoms with Gasteiger partial charge in [-0.15, -0.1) is 5.10 Å². The molecule has 0 aliphatic carbocycles. The van der Waals surface area contributed by atoms with Crippen molar-refractivity contribution in [2.24, 2.45) is 0 Å². The summed E-state index contributed by atoms with van der Waals surface area (Å²) in [5, 5.41) is 11.0. The van der Waals surface area contributed by atoms with E-state index in [1.807, 2.05) is 19.0 Å². The van der Waals surface area contributed by atoms with Crippen LogP contribution >= 0.6 is 11.3 Å². The second-order valence-electron chi connectivity index (χ2n) is 4.03. The molecule has 0 unspecified atom stereocenters. The Bertz CT molecular complexity index is 548. The largest absolute Gasteiger partial charge is 0.382 e. The number of rotatable bonds is 5. The number of carbonyl (C=O) groups is 1. The van der Waals surface area contributed by atoms with Gasteiger partial charge >= 0.3 is 0 Å². The van der Waals surface area contributed by atoms with Gasteiger partial charge in [-0.25, -0.2) is 4.98 Å². The summed E-state index contributed by atoms with van der Waals surface area (Å²) in [6, 6.07) is 0. The average Bonchev–Trinajstić information content (AvgIpc) is 2.98. The van der Waals surface area contributed by atoms with Gasteiger partial charge in [0.05, 0.1) is 12.7 Å². The van der Waals surface area contributed by atoms with E-state index in [9.17, 15) is 4.79 Å². The second-order valence-corrected chi connectivity index (χ2v) is 5.00. The molecule has 0 saturated heterocycles. The summed E-state index contributed by atoms with van der Waals surface area (Å²) < 4.78 is 1.64. The Morgan fingerprint density at radius 3 is 2.95 bits per heavy atom. The van der Waals surface area contributed by atoms with Gasteiger partial charge in [0.2, 0.25) is 0 Å². The fourth-order valence-corrected chi connectivity index (χ4v) is 2.21. The van der Waals surface area contributed by atoms with Crippen molar-refractivity contribution in [2.45, 2.75) is 6.54 Å². The number of anilines is 2. The molecule has 0 spiro atoms. The van der Waals surface area contributed by atoms with Crippen molar-refractivity contribution in [2.75, 3.05) is 31.3 Å². The van der Waals surface area contributed by atoms with Gasteiger partial charge in [-0.1, -0.05) is 16.6 Å². The van der Waals surface area contributed by atoms with Gasteiger partial charge in [0, 0.05) is 26.8 Å². The number of nitrogens with zero attached hydrogens (tertiary/aromatic N) is 5. The highest BCUT2D eigenvalue weighted by atomic mass is 32.1. The average molecular weight is 281 g/mol. The van der Waals surface area contributed by atoms with E-state index in [1.54, 1.807) is 17.1 Å². The van der Waals surface area contributed by atoms with Crippen molar-refractivity contribution in [3.05, 3.63) is 17.3 Å². The number of thiazole rings is 1. The molecule has 2 rings (SSSR count). The maximum Gasteiger partial charge on any atom is 0.265 e. The Kier molecular flexibility index (Phi) is 3.95. The lowest BCUT2D eigenvalue weighted by molar-refractivity contribution is 0.0956. The summed E-state index contributed by atoms with van der Waals surface area (Å²) in [4.78, 5) is 18.3. The zero-order chi connectivity index (χ0) is 13.8. The maximum atomic E-state index is 11.9. The zero-order valence-corrected chi connectivity index (χ0v) is 11.5. The highest BCUT2D eigenvalue weighted by Gasteiger charge is 2.16. The quantitative estimate of drug-likeness (QED) is 0.788. The summed E-state index contributed by atoms with van der Waals surface area (Å²) >= 11 is 1.27. The van der Waals surface area contributed by atoms with Crippen LogP contribution in [0.25, 0.3) is 0 Å². The van der Waals surface area contributed by atoms with Gasteiger partial charge < -0.3 is 16.0 Å². The minimum absolute atomic E-state index is 0.219. The van der Waals surface area contributed by atoms with Crippen LogP contribution in [-0.2, 0) is 6.54 Å². The number of amides is 1. The first kappa shape index (κ1) is 13.3. The van der Waals surface area contributed by atoms with E-state index >= 15 is 0 Å². The number of carbonyl (C=O) groups excluding carboxylic acids is 1. The van der Waals surface area contributed by atoms with E-state index in [-0.39, 0.29) is 11.7 Å². The monoisotopic (exact) mass is 281 g/mol. The topological polar surface area (TPSA) is 102 Å². The van der Waals surface area contributed by atoms with E-state index < -0.39 is 0 Å². The molecule has 2 aromatic rings. The molecule has 0 radical (unpaired) electrons. The molecule has 0 aromatic carbocycles. The Hall–Kier alpha value is -2.16. The maximum absolute atomic E-state index is 11.9. The summed E-state index contributed by atoms with van der Waals surface area (Å²) in [5.41, 5.74) is 5.73. The van der Waals surface area contributed by atoms with Crippen LogP contribution in [0.3, 0.4) is 0 Å². The smallest absolute Gasteiger partial charge is 0.265 e. The summed E-state index contributed by atoms with van der Waals surface area (Å²) in [6.45, 7) is 1.02. The van der Waals surface area contributed by atoms with Crippen LogP contribution in [-0.4, -0.2) is 46.5 Å². The fourth-order valence-electron chi connectivity index (χ4n) is 1.39. The van der Waals surface area contributed by atoms with Crippen LogP contribution in [0.2, 0.25) is 0 Å². The lowest BCUT2D eigenvalue weighted by Gasteiger charge is -2.05. The normalized spacial score (nSPS) is 10.4. The fraction of sp³-hybridized carbons (Fsp3) is 0.400. The zero-order valence-electron chi connectivity index (χ0n) is 10.7.